The number of phenols is 1. The van der Waals surface area contributed by atoms with Gasteiger partial charge in [-0.15, -0.1) is 6.58 Å². The molecule has 0 spiro atoms. The summed E-state index contributed by atoms with van der Waals surface area (Å²) in [5.41, 5.74) is 4.33. The summed E-state index contributed by atoms with van der Waals surface area (Å²) >= 11 is 0. The Labute approximate surface area is 158 Å². The zero-order valence-electron chi connectivity index (χ0n) is 16.4. The van der Waals surface area contributed by atoms with Gasteiger partial charge in [0, 0.05) is 12.0 Å². The average molecular weight is 355 g/mol. The summed E-state index contributed by atoms with van der Waals surface area (Å²) in [6.45, 7) is 9.16. The number of aliphatic hydroxyl groups excluding tert-OH is 1. The van der Waals surface area contributed by atoms with E-state index in [9.17, 15) is 10.2 Å². The van der Waals surface area contributed by atoms with Crippen LogP contribution < -0.4 is 0 Å². The maximum absolute atomic E-state index is 9.91. The van der Waals surface area contributed by atoms with E-state index in [1.807, 2.05) is 12.1 Å². The van der Waals surface area contributed by atoms with Gasteiger partial charge in [-0.2, -0.15) is 0 Å². The van der Waals surface area contributed by atoms with Crippen LogP contribution in [0.15, 0.2) is 42.5 Å². The number of allylic oxidation sites excluding steroid dienone is 3. The molecule has 0 amide bonds. The number of fused-ring (bicyclic) bond motifs is 3. The third-order valence-electron chi connectivity index (χ3n) is 6.66. The van der Waals surface area contributed by atoms with Crippen LogP contribution >= 0.6 is 0 Å². The lowest BCUT2D eigenvalue weighted by Gasteiger charge is -2.51. The Kier molecular flexibility index (Phi) is 5.92. The number of aryl methyl sites for hydroxylation is 1. The van der Waals surface area contributed by atoms with Crippen molar-refractivity contribution in [3.05, 3.63) is 53.6 Å². The topological polar surface area (TPSA) is 40.5 Å². The fourth-order valence-corrected chi connectivity index (χ4v) is 5.23. The molecule has 2 aliphatic carbocycles. The van der Waals surface area contributed by atoms with Crippen LogP contribution in [0.25, 0.3) is 0 Å². The van der Waals surface area contributed by atoms with Crippen LogP contribution in [0, 0.1) is 17.3 Å². The largest absolute Gasteiger partial charge is 0.508 e. The summed E-state index contributed by atoms with van der Waals surface area (Å²) in [5, 5.41) is 19.2. The molecule has 2 nitrogen and oxygen atoms in total. The summed E-state index contributed by atoms with van der Waals surface area (Å²) in [7, 11) is 0. The van der Waals surface area contributed by atoms with Crippen LogP contribution in [0.4, 0.5) is 0 Å². The maximum Gasteiger partial charge on any atom is 0.115 e. The van der Waals surface area contributed by atoms with Crippen LogP contribution in [-0.4, -0.2) is 16.8 Å². The molecule has 3 rings (SSSR count). The van der Waals surface area contributed by atoms with Crippen LogP contribution in [0.1, 0.15) is 69.4 Å². The molecule has 142 valence electrons. The molecule has 0 heterocycles. The van der Waals surface area contributed by atoms with Crippen molar-refractivity contribution in [1.82, 2.24) is 0 Å². The Morgan fingerprint density at radius 2 is 2.15 bits per heavy atom. The first-order valence-corrected chi connectivity index (χ1v) is 10.3. The van der Waals surface area contributed by atoms with Crippen molar-refractivity contribution in [2.75, 3.05) is 6.61 Å². The van der Waals surface area contributed by atoms with Gasteiger partial charge in [0.25, 0.3) is 0 Å². The van der Waals surface area contributed by atoms with Crippen molar-refractivity contribution < 1.29 is 10.2 Å². The average Bonchev–Trinajstić information content (AvgIpc) is 2.63. The molecule has 0 unspecified atom stereocenters. The Morgan fingerprint density at radius 3 is 2.85 bits per heavy atom. The molecule has 0 fully saturated rings. The molecule has 0 saturated carbocycles. The van der Waals surface area contributed by atoms with E-state index in [1.165, 1.54) is 29.5 Å². The lowest BCUT2D eigenvalue weighted by Crippen LogP contribution is -2.41. The van der Waals surface area contributed by atoms with E-state index in [2.05, 4.69) is 38.6 Å². The number of hydrogen-bond donors (Lipinski definition) is 2. The van der Waals surface area contributed by atoms with Crippen LogP contribution in [-0.2, 0) is 6.42 Å². The van der Waals surface area contributed by atoms with E-state index in [0.717, 1.165) is 32.1 Å². The third-order valence-corrected chi connectivity index (χ3v) is 6.66. The van der Waals surface area contributed by atoms with Gasteiger partial charge in [0.2, 0.25) is 0 Å². The van der Waals surface area contributed by atoms with Gasteiger partial charge >= 0.3 is 0 Å². The summed E-state index contributed by atoms with van der Waals surface area (Å²) < 4.78 is 0. The van der Waals surface area contributed by atoms with Crippen molar-refractivity contribution in [3.63, 3.8) is 0 Å². The molecular weight excluding hydrogens is 320 g/mol. The molecule has 3 atom stereocenters. The molecule has 1 aromatic carbocycles. The highest BCUT2D eigenvalue weighted by molar-refractivity contribution is 5.44. The number of phenolic OH excluding ortho intramolecular Hbond substituents is 1. The van der Waals surface area contributed by atoms with Gasteiger partial charge in [-0.05, 0) is 79.5 Å². The minimum absolute atomic E-state index is 0.127. The summed E-state index contributed by atoms with van der Waals surface area (Å²) in [6.07, 6.45) is 12.2. The Hall–Kier alpha value is -1.54. The van der Waals surface area contributed by atoms with Crippen molar-refractivity contribution in [2.24, 2.45) is 17.3 Å². The van der Waals surface area contributed by atoms with E-state index in [4.69, 9.17) is 0 Å². The highest BCUT2D eigenvalue weighted by atomic mass is 16.3. The van der Waals surface area contributed by atoms with Gasteiger partial charge in [0.05, 0.1) is 0 Å². The second kappa shape index (κ2) is 8.00. The minimum Gasteiger partial charge on any atom is -0.508 e. The van der Waals surface area contributed by atoms with Crippen LogP contribution in [0.3, 0.4) is 0 Å². The Balaban J connectivity index is 2.00. The highest BCUT2D eigenvalue weighted by Crippen LogP contribution is 2.58. The van der Waals surface area contributed by atoms with Gasteiger partial charge in [-0.1, -0.05) is 44.1 Å². The molecule has 0 bridgehead atoms. The van der Waals surface area contributed by atoms with E-state index >= 15 is 0 Å². The molecule has 0 radical (unpaired) electrons. The third kappa shape index (κ3) is 3.62. The second-order valence-corrected chi connectivity index (χ2v) is 8.69. The second-order valence-electron chi connectivity index (χ2n) is 8.69. The molecule has 2 aliphatic rings. The Morgan fingerprint density at radius 1 is 1.35 bits per heavy atom. The van der Waals surface area contributed by atoms with E-state index < -0.39 is 0 Å². The van der Waals surface area contributed by atoms with Gasteiger partial charge in [0.15, 0.2) is 0 Å². The molecule has 26 heavy (non-hydrogen) atoms. The van der Waals surface area contributed by atoms with E-state index in [0.29, 0.717) is 23.5 Å². The molecule has 0 aromatic heterocycles. The molecule has 0 aliphatic heterocycles. The first kappa shape index (κ1) is 19.2. The van der Waals surface area contributed by atoms with Crippen molar-refractivity contribution in [3.8, 4) is 5.75 Å². The predicted molar refractivity (Wildman–Crippen MR) is 108 cm³/mol. The smallest absolute Gasteiger partial charge is 0.115 e. The summed E-state index contributed by atoms with van der Waals surface area (Å²) in [5.74, 6) is 2.05. The Bertz CT molecular complexity index is 673. The quantitative estimate of drug-likeness (QED) is 0.612. The zero-order chi connectivity index (χ0) is 18.7. The maximum atomic E-state index is 9.91. The monoisotopic (exact) mass is 354 g/mol. The van der Waals surface area contributed by atoms with Gasteiger partial charge in [0.1, 0.15) is 5.75 Å². The fourth-order valence-electron chi connectivity index (χ4n) is 5.23. The van der Waals surface area contributed by atoms with E-state index in [-0.39, 0.29) is 12.0 Å². The standard InChI is InChI=1S/C24H34O2/c1-4-24-12-11-19-16-21(26)9-10-22(19)23(24)15-18(6-5-13-25)14-20(24)8-7-17(2)3/h4,9-10,14,16-17,20,23,25-26H,1,5-8,11-13,15H2,2-3H3/t20-,23+,24-/m0/s1. The SMILES string of the molecule is C=C[C@@]12CCc3cc(O)ccc3[C@H]1CC(CCCO)=C[C@@H]2CCC(C)C. The molecular formula is C24H34O2. The van der Waals surface area contributed by atoms with Crippen molar-refractivity contribution in [2.45, 2.75) is 64.7 Å². The van der Waals surface area contributed by atoms with Gasteiger partial charge < -0.3 is 10.2 Å². The van der Waals surface area contributed by atoms with Crippen molar-refractivity contribution >= 4 is 0 Å². The van der Waals surface area contributed by atoms with Crippen LogP contribution in [0.5, 0.6) is 5.75 Å². The first-order chi connectivity index (χ1) is 12.5. The minimum atomic E-state index is 0.127. The number of rotatable bonds is 7. The normalized spacial score (nSPS) is 27.6. The highest BCUT2D eigenvalue weighted by Gasteiger charge is 2.47. The first-order valence-electron chi connectivity index (χ1n) is 10.3. The molecule has 2 heteroatoms. The number of aromatic hydroxyl groups is 1. The predicted octanol–water partition coefficient (Wildman–Crippen LogP) is 5.75. The zero-order valence-corrected chi connectivity index (χ0v) is 16.4. The number of hydrogen-bond acceptors (Lipinski definition) is 2. The number of benzene rings is 1. The molecule has 0 saturated heterocycles. The lowest BCUT2D eigenvalue weighted by molar-refractivity contribution is 0.154. The van der Waals surface area contributed by atoms with E-state index in [1.54, 1.807) is 0 Å². The lowest BCUT2D eigenvalue weighted by atomic mass is 9.53. The molecule has 1 aromatic rings. The van der Waals surface area contributed by atoms with Gasteiger partial charge in [-0.3, -0.25) is 0 Å². The molecule has 2 N–H and O–H groups in total. The van der Waals surface area contributed by atoms with Crippen LogP contribution in [0.2, 0.25) is 0 Å². The summed E-state index contributed by atoms with van der Waals surface area (Å²) in [6, 6.07) is 5.94. The summed E-state index contributed by atoms with van der Waals surface area (Å²) in [4.78, 5) is 0. The van der Waals surface area contributed by atoms with Gasteiger partial charge in [-0.25, -0.2) is 0 Å². The number of aliphatic hydroxyl groups is 1. The van der Waals surface area contributed by atoms with Crippen molar-refractivity contribution in [1.29, 1.82) is 0 Å². The fraction of sp³-hybridized carbons (Fsp3) is 0.583.